The molecule has 1 aromatic rings. The Morgan fingerprint density at radius 3 is 1.94 bits per heavy atom. The third-order valence-corrected chi connectivity index (χ3v) is 4.34. The molecule has 0 saturated heterocycles. The molecule has 0 aliphatic rings. The first-order valence-corrected chi connectivity index (χ1v) is 6.70. The summed E-state index contributed by atoms with van der Waals surface area (Å²) in [6.45, 7) is 1.78. The van der Waals surface area contributed by atoms with Crippen LogP contribution in [0.15, 0.2) is 29.2 Å². The summed E-state index contributed by atoms with van der Waals surface area (Å²) >= 11 is 15.8. The maximum atomic E-state index is 11.7. The van der Waals surface area contributed by atoms with Crippen molar-refractivity contribution in [3.63, 3.8) is 0 Å². The molecule has 0 spiro atoms. The van der Waals surface area contributed by atoms with Gasteiger partial charge in [-0.05, 0) is 19.1 Å². The third kappa shape index (κ3) is 2.88. The van der Waals surface area contributed by atoms with Gasteiger partial charge in [-0.3, -0.25) is 4.79 Å². The molecule has 88 valence electrons. The van der Waals surface area contributed by atoms with Crippen LogP contribution in [0.1, 0.15) is 5.56 Å². The van der Waals surface area contributed by atoms with Crippen molar-refractivity contribution in [1.29, 1.82) is 0 Å². The van der Waals surface area contributed by atoms with Crippen molar-refractivity contribution in [2.75, 3.05) is 0 Å². The highest BCUT2D eigenvalue weighted by Crippen LogP contribution is 2.31. The number of hydrogen-bond acceptors (Lipinski definition) is 3. The molecular weight excluding hydrogens is 295 g/mol. The molecule has 1 rings (SSSR count). The summed E-state index contributed by atoms with van der Waals surface area (Å²) in [7, 11) is -4.25. The summed E-state index contributed by atoms with van der Waals surface area (Å²) in [5.74, 6) is 0. The topological polar surface area (TPSA) is 51.2 Å². The number of halogens is 3. The van der Waals surface area contributed by atoms with Gasteiger partial charge < -0.3 is 0 Å². The Labute approximate surface area is 108 Å². The minimum Gasteiger partial charge on any atom is -0.276 e. The van der Waals surface area contributed by atoms with Gasteiger partial charge in [0.05, 0.1) is 4.90 Å². The molecule has 0 radical (unpaired) electrons. The molecule has 0 heterocycles. The summed E-state index contributed by atoms with van der Waals surface area (Å²) in [4.78, 5) is 11.2. The standard InChI is InChI=1S/C9H7Cl3O3S/c1-6-2-4-7(5-3-6)16(14,15)8(13)9(10,11)12/h2-5H,1H3. The molecule has 0 aromatic heterocycles. The molecule has 7 heteroatoms. The first-order valence-electron chi connectivity index (χ1n) is 4.08. The Morgan fingerprint density at radius 2 is 1.56 bits per heavy atom. The Morgan fingerprint density at radius 1 is 1.12 bits per heavy atom. The molecule has 0 atom stereocenters. The fourth-order valence-corrected chi connectivity index (χ4v) is 2.90. The average Bonchev–Trinajstić information content (AvgIpc) is 2.16. The first kappa shape index (κ1) is 13.8. The number of sulfone groups is 1. The Balaban J connectivity index is 3.23. The molecule has 0 aliphatic heterocycles. The molecule has 0 bridgehead atoms. The van der Waals surface area contributed by atoms with Crippen LogP contribution in [-0.4, -0.2) is 17.3 Å². The van der Waals surface area contributed by atoms with Gasteiger partial charge in [-0.1, -0.05) is 52.5 Å². The number of carbonyl (C=O) groups is 1. The Kier molecular flexibility index (Phi) is 3.90. The largest absolute Gasteiger partial charge is 0.302 e. The van der Waals surface area contributed by atoms with Crippen LogP contribution < -0.4 is 0 Å². The van der Waals surface area contributed by atoms with Crippen molar-refractivity contribution in [1.82, 2.24) is 0 Å². The van der Waals surface area contributed by atoms with Crippen LogP contribution in [-0.2, 0) is 14.6 Å². The van der Waals surface area contributed by atoms with E-state index in [4.69, 9.17) is 34.8 Å². The number of alkyl halides is 3. The number of benzene rings is 1. The Bertz CT molecular complexity index is 500. The van der Waals surface area contributed by atoms with E-state index in [1.807, 2.05) is 0 Å². The van der Waals surface area contributed by atoms with Crippen LogP contribution >= 0.6 is 34.8 Å². The average molecular weight is 302 g/mol. The molecule has 0 aliphatic carbocycles. The van der Waals surface area contributed by atoms with E-state index in [-0.39, 0.29) is 4.90 Å². The molecule has 1 aromatic carbocycles. The first-order chi connectivity index (χ1) is 7.15. The summed E-state index contributed by atoms with van der Waals surface area (Å²) in [6.07, 6.45) is 0. The Hall–Kier alpha value is -0.290. The highest BCUT2D eigenvalue weighted by atomic mass is 35.6. The highest BCUT2D eigenvalue weighted by Gasteiger charge is 2.41. The lowest BCUT2D eigenvalue weighted by Gasteiger charge is -2.09. The number of rotatable bonds is 1. The van der Waals surface area contributed by atoms with Crippen molar-refractivity contribution in [2.45, 2.75) is 15.6 Å². The zero-order chi connectivity index (χ0) is 12.6. The van der Waals surface area contributed by atoms with E-state index in [0.29, 0.717) is 0 Å². The van der Waals surface area contributed by atoms with Crippen LogP contribution in [0, 0.1) is 6.92 Å². The second-order valence-corrected chi connectivity index (χ2v) is 7.23. The zero-order valence-corrected chi connectivity index (χ0v) is 11.2. The van der Waals surface area contributed by atoms with Crippen molar-refractivity contribution in [3.8, 4) is 0 Å². The summed E-state index contributed by atoms with van der Waals surface area (Å²) in [5.41, 5.74) is 0.861. The van der Waals surface area contributed by atoms with E-state index in [1.54, 1.807) is 19.1 Å². The van der Waals surface area contributed by atoms with E-state index >= 15 is 0 Å². The molecule has 0 unspecified atom stereocenters. The van der Waals surface area contributed by atoms with E-state index in [1.165, 1.54) is 12.1 Å². The second kappa shape index (κ2) is 4.53. The maximum Gasteiger partial charge on any atom is 0.302 e. The van der Waals surface area contributed by atoms with Crippen LogP contribution in [0.3, 0.4) is 0 Å². The van der Waals surface area contributed by atoms with E-state index in [2.05, 4.69) is 0 Å². The van der Waals surface area contributed by atoms with Crippen LogP contribution in [0.5, 0.6) is 0 Å². The summed E-state index contributed by atoms with van der Waals surface area (Å²) in [6, 6.07) is 5.69. The zero-order valence-electron chi connectivity index (χ0n) is 8.08. The number of aryl methyl sites for hydroxylation is 1. The highest BCUT2D eigenvalue weighted by molar-refractivity contribution is 8.06. The number of hydrogen-bond donors (Lipinski definition) is 0. The van der Waals surface area contributed by atoms with Gasteiger partial charge in [0.1, 0.15) is 0 Å². The molecule has 0 amide bonds. The van der Waals surface area contributed by atoms with Gasteiger partial charge in [-0.25, -0.2) is 8.42 Å². The van der Waals surface area contributed by atoms with E-state index in [9.17, 15) is 13.2 Å². The van der Waals surface area contributed by atoms with Gasteiger partial charge in [0.15, 0.2) is 0 Å². The SMILES string of the molecule is Cc1ccc(S(=O)(=O)C(=O)C(Cl)(Cl)Cl)cc1. The lowest BCUT2D eigenvalue weighted by molar-refractivity contribution is -0.111. The van der Waals surface area contributed by atoms with Gasteiger partial charge >= 0.3 is 5.12 Å². The molecule has 16 heavy (non-hydrogen) atoms. The normalized spacial score (nSPS) is 12.5. The molecular formula is C9H7Cl3O3S. The smallest absolute Gasteiger partial charge is 0.276 e. The number of carbonyl (C=O) groups excluding carboxylic acids is 1. The quantitative estimate of drug-likeness (QED) is 0.749. The van der Waals surface area contributed by atoms with Crippen LogP contribution in [0.2, 0.25) is 0 Å². The van der Waals surface area contributed by atoms with E-state index < -0.39 is 18.7 Å². The summed E-state index contributed by atoms with van der Waals surface area (Å²) in [5, 5.41) is -1.45. The molecule has 3 nitrogen and oxygen atoms in total. The monoisotopic (exact) mass is 300 g/mol. The minimum absolute atomic E-state index is 0.186. The van der Waals surface area contributed by atoms with Crippen molar-refractivity contribution in [3.05, 3.63) is 29.8 Å². The van der Waals surface area contributed by atoms with Gasteiger partial charge in [-0.15, -0.1) is 0 Å². The van der Waals surface area contributed by atoms with Crippen molar-refractivity contribution < 1.29 is 13.2 Å². The maximum absolute atomic E-state index is 11.7. The van der Waals surface area contributed by atoms with Crippen molar-refractivity contribution >= 4 is 49.8 Å². The van der Waals surface area contributed by atoms with Crippen LogP contribution in [0.25, 0.3) is 0 Å². The second-order valence-electron chi connectivity index (χ2n) is 3.10. The minimum atomic E-state index is -4.25. The van der Waals surface area contributed by atoms with Crippen molar-refractivity contribution in [2.24, 2.45) is 0 Å². The van der Waals surface area contributed by atoms with Gasteiger partial charge in [0.25, 0.3) is 3.79 Å². The van der Waals surface area contributed by atoms with Crippen LogP contribution in [0.4, 0.5) is 0 Å². The third-order valence-electron chi connectivity index (χ3n) is 1.81. The fraction of sp³-hybridized carbons (Fsp3) is 0.222. The van der Waals surface area contributed by atoms with E-state index in [0.717, 1.165) is 5.56 Å². The van der Waals surface area contributed by atoms with Gasteiger partial charge in [-0.2, -0.15) is 0 Å². The molecule has 0 fully saturated rings. The predicted octanol–water partition coefficient (Wildman–Crippen LogP) is 2.67. The van der Waals surface area contributed by atoms with Gasteiger partial charge in [0, 0.05) is 0 Å². The lowest BCUT2D eigenvalue weighted by atomic mass is 10.2. The predicted molar refractivity (Wildman–Crippen MR) is 63.7 cm³/mol. The molecule has 0 saturated carbocycles. The van der Waals surface area contributed by atoms with Gasteiger partial charge in [0.2, 0.25) is 9.84 Å². The summed E-state index contributed by atoms with van der Waals surface area (Å²) < 4.78 is 20.9. The molecule has 0 N–H and O–H groups in total. The lowest BCUT2D eigenvalue weighted by Crippen LogP contribution is -2.28. The fourth-order valence-electron chi connectivity index (χ4n) is 0.977.